The quantitative estimate of drug-likeness (QED) is 0.310. The molecule has 0 saturated carbocycles. The zero-order valence-corrected chi connectivity index (χ0v) is 22.0. The summed E-state index contributed by atoms with van der Waals surface area (Å²) in [7, 11) is 1.49. The number of rotatable bonds is 7. The SMILES string of the molecule is CCNC(=NCC1(SC)CCOCC1)N1CCN(Cc2ccc(OC)c(F)c2)CC1.I. The lowest BCUT2D eigenvalue weighted by molar-refractivity contribution is 0.0793. The summed E-state index contributed by atoms with van der Waals surface area (Å²) in [6, 6.07) is 5.22. The number of methoxy groups -OCH3 is 1. The predicted molar refractivity (Wildman–Crippen MR) is 137 cm³/mol. The number of thioether (sulfide) groups is 1. The van der Waals surface area contributed by atoms with Crippen LogP contribution in [0.5, 0.6) is 5.75 Å². The molecule has 1 aromatic rings. The number of aliphatic imine (C=N–C) groups is 1. The van der Waals surface area contributed by atoms with Gasteiger partial charge in [0, 0.05) is 57.2 Å². The van der Waals surface area contributed by atoms with Gasteiger partial charge in [0.25, 0.3) is 0 Å². The fourth-order valence-electron chi connectivity index (χ4n) is 4.00. The van der Waals surface area contributed by atoms with E-state index in [2.05, 4.69) is 28.3 Å². The average molecular weight is 567 g/mol. The molecule has 3 rings (SSSR count). The molecule has 2 aliphatic rings. The Balaban J connectivity index is 0.00000341. The van der Waals surface area contributed by atoms with Crippen LogP contribution in [0.25, 0.3) is 0 Å². The topological polar surface area (TPSA) is 49.3 Å². The summed E-state index contributed by atoms with van der Waals surface area (Å²) < 4.78 is 24.7. The molecule has 0 aromatic heterocycles. The molecule has 0 atom stereocenters. The van der Waals surface area contributed by atoms with Crippen LogP contribution in [0.15, 0.2) is 23.2 Å². The molecule has 31 heavy (non-hydrogen) atoms. The van der Waals surface area contributed by atoms with Crippen molar-refractivity contribution in [2.45, 2.75) is 31.1 Å². The highest BCUT2D eigenvalue weighted by Crippen LogP contribution is 2.34. The van der Waals surface area contributed by atoms with E-state index < -0.39 is 0 Å². The molecule has 2 heterocycles. The molecule has 0 unspecified atom stereocenters. The Bertz CT molecular complexity index is 711. The molecule has 1 N–H and O–H groups in total. The molecule has 0 amide bonds. The Labute approximate surface area is 207 Å². The molecule has 2 fully saturated rings. The lowest BCUT2D eigenvalue weighted by Gasteiger charge is -2.38. The second kappa shape index (κ2) is 13.1. The van der Waals surface area contributed by atoms with E-state index in [-0.39, 0.29) is 34.5 Å². The van der Waals surface area contributed by atoms with Gasteiger partial charge in [0.1, 0.15) is 0 Å². The van der Waals surface area contributed by atoms with E-state index in [1.54, 1.807) is 12.1 Å². The molecule has 0 spiro atoms. The van der Waals surface area contributed by atoms with E-state index in [1.807, 2.05) is 17.8 Å². The Morgan fingerprint density at radius 3 is 2.55 bits per heavy atom. The van der Waals surface area contributed by atoms with E-state index in [4.69, 9.17) is 14.5 Å². The molecule has 0 radical (unpaired) electrons. The summed E-state index contributed by atoms with van der Waals surface area (Å²) in [5.41, 5.74) is 0.976. The highest BCUT2D eigenvalue weighted by atomic mass is 127. The standard InChI is InChI=1S/C22H35FN4O2S.HI/c1-4-24-21(25-17-22(30-3)7-13-29-14-8-22)27-11-9-26(10-12-27)16-18-5-6-20(28-2)19(23)15-18;/h5-6,15H,4,7-14,16-17H2,1-3H3,(H,24,25);1H. The van der Waals surface area contributed by atoms with Crippen LogP contribution in [0, 0.1) is 5.82 Å². The van der Waals surface area contributed by atoms with Crippen molar-refractivity contribution in [1.29, 1.82) is 0 Å². The van der Waals surface area contributed by atoms with Crippen molar-refractivity contribution in [2.75, 3.05) is 65.8 Å². The van der Waals surface area contributed by atoms with Gasteiger partial charge in [-0.25, -0.2) is 4.39 Å². The molecule has 9 heteroatoms. The minimum absolute atomic E-state index is 0. The van der Waals surface area contributed by atoms with E-state index in [0.29, 0.717) is 5.75 Å². The summed E-state index contributed by atoms with van der Waals surface area (Å²) in [6.07, 6.45) is 4.31. The summed E-state index contributed by atoms with van der Waals surface area (Å²) >= 11 is 1.92. The fraction of sp³-hybridized carbons (Fsp3) is 0.682. The molecule has 0 bridgehead atoms. The smallest absolute Gasteiger partial charge is 0.194 e. The summed E-state index contributed by atoms with van der Waals surface area (Å²) in [5, 5.41) is 3.47. The Kier molecular flexibility index (Phi) is 11.1. The average Bonchev–Trinajstić information content (AvgIpc) is 2.78. The van der Waals surface area contributed by atoms with Gasteiger partial charge in [-0.15, -0.1) is 24.0 Å². The molecular formula is C22H36FIN4O2S. The second-order valence-electron chi connectivity index (χ2n) is 7.90. The third kappa shape index (κ3) is 7.36. The van der Waals surface area contributed by atoms with Gasteiger partial charge in [0.2, 0.25) is 0 Å². The van der Waals surface area contributed by atoms with Gasteiger partial charge in [-0.3, -0.25) is 9.89 Å². The third-order valence-electron chi connectivity index (χ3n) is 5.98. The van der Waals surface area contributed by atoms with Crippen LogP contribution >= 0.6 is 35.7 Å². The molecule has 176 valence electrons. The van der Waals surface area contributed by atoms with Gasteiger partial charge in [0.05, 0.1) is 13.7 Å². The van der Waals surface area contributed by atoms with E-state index in [0.717, 1.165) is 83.4 Å². The first-order valence-electron chi connectivity index (χ1n) is 10.8. The van der Waals surface area contributed by atoms with Crippen LogP contribution in [-0.2, 0) is 11.3 Å². The van der Waals surface area contributed by atoms with Crippen molar-refractivity contribution in [3.05, 3.63) is 29.6 Å². The number of nitrogens with zero attached hydrogens (tertiary/aromatic N) is 3. The molecule has 0 aliphatic carbocycles. The Hall–Kier alpha value is -0.780. The van der Waals surface area contributed by atoms with Crippen LogP contribution in [0.1, 0.15) is 25.3 Å². The number of piperazine rings is 1. The van der Waals surface area contributed by atoms with Crippen molar-refractivity contribution >= 4 is 41.7 Å². The maximum atomic E-state index is 14.0. The summed E-state index contributed by atoms with van der Waals surface area (Å²) in [4.78, 5) is 9.73. The monoisotopic (exact) mass is 566 g/mol. The number of hydrogen-bond donors (Lipinski definition) is 1. The van der Waals surface area contributed by atoms with Gasteiger partial charge in [-0.1, -0.05) is 6.07 Å². The van der Waals surface area contributed by atoms with Crippen LogP contribution in [0.4, 0.5) is 4.39 Å². The van der Waals surface area contributed by atoms with Gasteiger partial charge in [0.15, 0.2) is 17.5 Å². The molecule has 6 nitrogen and oxygen atoms in total. The number of hydrogen-bond acceptors (Lipinski definition) is 5. The van der Waals surface area contributed by atoms with Crippen molar-refractivity contribution in [1.82, 2.24) is 15.1 Å². The molecule has 2 saturated heterocycles. The van der Waals surface area contributed by atoms with E-state index >= 15 is 0 Å². The summed E-state index contributed by atoms with van der Waals surface area (Å²) in [6.45, 7) is 9.90. The Morgan fingerprint density at radius 2 is 1.97 bits per heavy atom. The van der Waals surface area contributed by atoms with Crippen LogP contribution in [0.2, 0.25) is 0 Å². The minimum atomic E-state index is -0.300. The van der Waals surface area contributed by atoms with Crippen LogP contribution < -0.4 is 10.1 Å². The maximum Gasteiger partial charge on any atom is 0.194 e. The first kappa shape index (κ1) is 26.5. The molecule has 1 aromatic carbocycles. The van der Waals surface area contributed by atoms with Crippen LogP contribution in [-0.4, -0.2) is 86.4 Å². The number of ether oxygens (including phenoxy) is 2. The molecular weight excluding hydrogens is 530 g/mol. The zero-order valence-electron chi connectivity index (χ0n) is 18.9. The fourth-order valence-corrected chi connectivity index (χ4v) is 4.77. The highest BCUT2D eigenvalue weighted by molar-refractivity contribution is 14.0. The highest BCUT2D eigenvalue weighted by Gasteiger charge is 2.32. The van der Waals surface area contributed by atoms with Crippen molar-refractivity contribution in [3.8, 4) is 5.75 Å². The molecule has 2 aliphatic heterocycles. The number of halogens is 2. The van der Waals surface area contributed by atoms with Crippen molar-refractivity contribution in [2.24, 2.45) is 4.99 Å². The minimum Gasteiger partial charge on any atom is -0.494 e. The van der Waals surface area contributed by atoms with Crippen molar-refractivity contribution < 1.29 is 13.9 Å². The van der Waals surface area contributed by atoms with Gasteiger partial charge in [-0.05, 0) is 43.7 Å². The first-order chi connectivity index (χ1) is 14.6. The zero-order chi connectivity index (χ0) is 21.4. The lowest BCUT2D eigenvalue weighted by atomic mass is 9.99. The lowest BCUT2D eigenvalue weighted by Crippen LogP contribution is -2.52. The number of guanidine groups is 1. The number of nitrogens with one attached hydrogen (secondary N) is 1. The first-order valence-corrected chi connectivity index (χ1v) is 12.0. The Morgan fingerprint density at radius 1 is 1.26 bits per heavy atom. The second-order valence-corrected chi connectivity index (χ2v) is 9.18. The number of benzene rings is 1. The predicted octanol–water partition coefficient (Wildman–Crippen LogP) is 3.45. The van der Waals surface area contributed by atoms with E-state index in [1.165, 1.54) is 7.11 Å². The van der Waals surface area contributed by atoms with Gasteiger partial charge in [-0.2, -0.15) is 11.8 Å². The third-order valence-corrected chi connectivity index (χ3v) is 7.39. The normalized spacial score (nSPS) is 19.6. The largest absolute Gasteiger partial charge is 0.494 e. The van der Waals surface area contributed by atoms with E-state index in [9.17, 15) is 4.39 Å². The summed E-state index contributed by atoms with van der Waals surface area (Å²) in [5.74, 6) is 1.00. The maximum absolute atomic E-state index is 14.0. The van der Waals surface area contributed by atoms with Gasteiger partial charge < -0.3 is 19.7 Å². The van der Waals surface area contributed by atoms with Gasteiger partial charge >= 0.3 is 0 Å². The van der Waals surface area contributed by atoms with Crippen LogP contribution in [0.3, 0.4) is 0 Å². The van der Waals surface area contributed by atoms with Crippen molar-refractivity contribution in [3.63, 3.8) is 0 Å².